The molecule has 0 aromatic carbocycles. The molecule has 0 N–H and O–H groups in total. The van der Waals surface area contributed by atoms with Crippen molar-refractivity contribution in [2.45, 2.75) is 38.7 Å². The molecule has 2 fully saturated rings. The summed E-state index contributed by atoms with van der Waals surface area (Å²) in [5.74, 6) is 1.65. The highest BCUT2D eigenvalue weighted by Crippen LogP contribution is 2.28. The maximum absolute atomic E-state index is 5.73. The number of hydrogen-bond acceptors (Lipinski definition) is 2. The molecule has 1 unspecified atom stereocenters. The van der Waals surface area contributed by atoms with Crippen LogP contribution in [0.2, 0.25) is 0 Å². The van der Waals surface area contributed by atoms with Crippen molar-refractivity contribution in [1.29, 1.82) is 0 Å². The van der Waals surface area contributed by atoms with Crippen LogP contribution in [-0.4, -0.2) is 25.9 Å². The molecular formula is C11H20O2. The highest BCUT2D eigenvalue weighted by Gasteiger charge is 2.25. The predicted molar refractivity (Wildman–Crippen MR) is 51.7 cm³/mol. The Bertz CT molecular complexity index is 149. The van der Waals surface area contributed by atoms with E-state index in [0.29, 0.717) is 6.10 Å². The first-order valence-electron chi connectivity index (χ1n) is 5.54. The summed E-state index contributed by atoms with van der Waals surface area (Å²) in [6, 6.07) is 0. The third kappa shape index (κ3) is 2.68. The molecular weight excluding hydrogens is 164 g/mol. The minimum Gasteiger partial charge on any atom is -0.381 e. The van der Waals surface area contributed by atoms with Gasteiger partial charge in [0.25, 0.3) is 0 Å². The summed E-state index contributed by atoms with van der Waals surface area (Å²) in [6.45, 7) is 5.19. The third-order valence-electron chi connectivity index (χ3n) is 3.22. The zero-order valence-electron chi connectivity index (χ0n) is 8.50. The van der Waals surface area contributed by atoms with Crippen LogP contribution in [0.15, 0.2) is 0 Å². The van der Waals surface area contributed by atoms with Crippen molar-refractivity contribution >= 4 is 0 Å². The van der Waals surface area contributed by atoms with E-state index in [1.165, 1.54) is 25.7 Å². The van der Waals surface area contributed by atoms with Crippen molar-refractivity contribution in [3.8, 4) is 0 Å². The molecule has 0 aliphatic carbocycles. The van der Waals surface area contributed by atoms with Gasteiger partial charge in [-0.2, -0.15) is 0 Å². The van der Waals surface area contributed by atoms with Crippen molar-refractivity contribution in [3.63, 3.8) is 0 Å². The maximum Gasteiger partial charge on any atom is 0.0581 e. The van der Waals surface area contributed by atoms with Crippen molar-refractivity contribution < 1.29 is 9.47 Å². The summed E-state index contributed by atoms with van der Waals surface area (Å²) < 4.78 is 11.1. The molecule has 2 rings (SSSR count). The van der Waals surface area contributed by atoms with Gasteiger partial charge in [0.2, 0.25) is 0 Å². The molecule has 0 bridgehead atoms. The second kappa shape index (κ2) is 4.43. The Morgan fingerprint density at radius 3 is 2.62 bits per heavy atom. The molecule has 2 nitrogen and oxygen atoms in total. The first-order valence-corrected chi connectivity index (χ1v) is 5.54. The number of hydrogen-bond donors (Lipinski definition) is 0. The van der Waals surface area contributed by atoms with E-state index in [1.807, 2.05) is 0 Å². The molecule has 2 heteroatoms. The molecule has 2 saturated heterocycles. The van der Waals surface area contributed by atoms with Gasteiger partial charge in [-0.3, -0.25) is 0 Å². The van der Waals surface area contributed by atoms with Gasteiger partial charge < -0.3 is 9.47 Å². The molecule has 2 atom stereocenters. The van der Waals surface area contributed by atoms with Gasteiger partial charge in [0, 0.05) is 19.8 Å². The van der Waals surface area contributed by atoms with Gasteiger partial charge in [-0.15, -0.1) is 0 Å². The smallest absolute Gasteiger partial charge is 0.0581 e. The molecule has 0 spiro atoms. The average Bonchev–Trinajstić information content (AvgIpc) is 2.53. The zero-order chi connectivity index (χ0) is 9.10. The first kappa shape index (κ1) is 9.47. The molecule has 0 aromatic rings. The number of ether oxygens (including phenoxy) is 2. The van der Waals surface area contributed by atoms with Crippen LogP contribution in [0.25, 0.3) is 0 Å². The maximum atomic E-state index is 5.73. The summed E-state index contributed by atoms with van der Waals surface area (Å²) >= 11 is 0. The van der Waals surface area contributed by atoms with Crippen LogP contribution in [0.5, 0.6) is 0 Å². The fourth-order valence-electron chi connectivity index (χ4n) is 2.40. The standard InChI is InChI=1S/C11H20O2/c1-9-6-11(13-8-9)7-10-2-4-12-5-3-10/h9-11H,2-8H2,1H3/t9-,11?/m1/s1. The molecule has 2 aliphatic heterocycles. The van der Waals surface area contributed by atoms with Gasteiger partial charge in [-0.1, -0.05) is 6.92 Å². The van der Waals surface area contributed by atoms with E-state index in [-0.39, 0.29) is 0 Å². The van der Waals surface area contributed by atoms with Gasteiger partial charge in [-0.05, 0) is 37.5 Å². The van der Waals surface area contributed by atoms with E-state index in [0.717, 1.165) is 31.7 Å². The molecule has 2 heterocycles. The Hall–Kier alpha value is -0.0800. The van der Waals surface area contributed by atoms with Gasteiger partial charge >= 0.3 is 0 Å². The molecule has 0 saturated carbocycles. The Balaban J connectivity index is 1.71. The topological polar surface area (TPSA) is 18.5 Å². The molecule has 0 amide bonds. The summed E-state index contributed by atoms with van der Waals surface area (Å²) in [7, 11) is 0. The van der Waals surface area contributed by atoms with E-state index in [4.69, 9.17) is 9.47 Å². The van der Waals surface area contributed by atoms with Crippen LogP contribution in [0, 0.1) is 11.8 Å². The Kier molecular flexibility index (Phi) is 3.23. The lowest BCUT2D eigenvalue weighted by Crippen LogP contribution is -2.20. The second-order valence-corrected chi connectivity index (χ2v) is 4.59. The van der Waals surface area contributed by atoms with Gasteiger partial charge in [0.1, 0.15) is 0 Å². The summed E-state index contributed by atoms with van der Waals surface area (Å²) in [5, 5.41) is 0. The molecule has 2 aliphatic rings. The lowest BCUT2D eigenvalue weighted by Gasteiger charge is -2.24. The second-order valence-electron chi connectivity index (χ2n) is 4.59. The lowest BCUT2D eigenvalue weighted by atomic mass is 9.91. The van der Waals surface area contributed by atoms with Gasteiger partial charge in [-0.25, -0.2) is 0 Å². The van der Waals surface area contributed by atoms with Crippen LogP contribution >= 0.6 is 0 Å². The van der Waals surface area contributed by atoms with Crippen molar-refractivity contribution in [3.05, 3.63) is 0 Å². The van der Waals surface area contributed by atoms with E-state index in [2.05, 4.69) is 6.92 Å². The third-order valence-corrected chi connectivity index (χ3v) is 3.22. The fraction of sp³-hybridized carbons (Fsp3) is 1.00. The normalized spacial score (nSPS) is 36.7. The molecule has 76 valence electrons. The highest BCUT2D eigenvalue weighted by atomic mass is 16.5. The summed E-state index contributed by atoms with van der Waals surface area (Å²) in [4.78, 5) is 0. The predicted octanol–water partition coefficient (Wildman–Crippen LogP) is 2.23. The average molecular weight is 184 g/mol. The quantitative estimate of drug-likeness (QED) is 0.655. The lowest BCUT2D eigenvalue weighted by molar-refractivity contribution is 0.0336. The van der Waals surface area contributed by atoms with Crippen LogP contribution in [-0.2, 0) is 9.47 Å². The molecule has 0 aromatic heterocycles. The zero-order valence-corrected chi connectivity index (χ0v) is 8.50. The molecule has 0 radical (unpaired) electrons. The van der Waals surface area contributed by atoms with Crippen molar-refractivity contribution in [2.24, 2.45) is 11.8 Å². The minimum atomic E-state index is 0.554. The van der Waals surface area contributed by atoms with Crippen LogP contribution < -0.4 is 0 Å². The van der Waals surface area contributed by atoms with Crippen LogP contribution in [0.1, 0.15) is 32.6 Å². The van der Waals surface area contributed by atoms with Crippen LogP contribution in [0.4, 0.5) is 0 Å². The molecule has 13 heavy (non-hydrogen) atoms. The largest absolute Gasteiger partial charge is 0.381 e. The van der Waals surface area contributed by atoms with Crippen molar-refractivity contribution in [2.75, 3.05) is 19.8 Å². The van der Waals surface area contributed by atoms with Gasteiger partial charge in [0.05, 0.1) is 6.10 Å². The Morgan fingerprint density at radius 1 is 1.23 bits per heavy atom. The van der Waals surface area contributed by atoms with Crippen molar-refractivity contribution in [1.82, 2.24) is 0 Å². The first-order chi connectivity index (χ1) is 6.34. The van der Waals surface area contributed by atoms with E-state index >= 15 is 0 Å². The Labute approximate surface area is 80.6 Å². The number of rotatable bonds is 2. The van der Waals surface area contributed by atoms with E-state index in [1.54, 1.807) is 0 Å². The van der Waals surface area contributed by atoms with Gasteiger partial charge in [0.15, 0.2) is 0 Å². The van der Waals surface area contributed by atoms with E-state index < -0.39 is 0 Å². The summed E-state index contributed by atoms with van der Waals surface area (Å²) in [6.07, 6.45) is 5.59. The monoisotopic (exact) mass is 184 g/mol. The Morgan fingerprint density at radius 2 is 2.00 bits per heavy atom. The fourth-order valence-corrected chi connectivity index (χ4v) is 2.40. The van der Waals surface area contributed by atoms with Crippen LogP contribution in [0.3, 0.4) is 0 Å². The van der Waals surface area contributed by atoms with E-state index in [9.17, 15) is 0 Å². The highest BCUT2D eigenvalue weighted by molar-refractivity contribution is 4.75. The summed E-state index contributed by atoms with van der Waals surface area (Å²) in [5.41, 5.74) is 0. The SMILES string of the molecule is C[C@H]1COC(CC2CCOCC2)C1. The minimum absolute atomic E-state index is 0.554.